The maximum atomic E-state index is 12.4. The number of aryl methyl sites for hydroxylation is 1. The van der Waals surface area contributed by atoms with Crippen molar-refractivity contribution in [2.24, 2.45) is 0 Å². The molecular formula is C13H15N3O2S. The summed E-state index contributed by atoms with van der Waals surface area (Å²) in [5, 5.41) is 7.28. The number of hydrogen-bond donors (Lipinski definition) is 1. The summed E-state index contributed by atoms with van der Waals surface area (Å²) in [6.07, 6.45) is 2.49. The lowest BCUT2D eigenvalue weighted by Gasteiger charge is -2.05. The molecule has 19 heavy (non-hydrogen) atoms. The molecular weight excluding hydrogens is 262 g/mol. The van der Waals surface area contributed by atoms with Gasteiger partial charge in [-0.25, -0.2) is 0 Å². The fourth-order valence-corrected chi connectivity index (χ4v) is 3.33. The fourth-order valence-electron chi connectivity index (χ4n) is 2.16. The van der Waals surface area contributed by atoms with E-state index in [4.69, 9.17) is 0 Å². The van der Waals surface area contributed by atoms with E-state index in [1.807, 2.05) is 19.1 Å². The molecule has 0 saturated heterocycles. The molecule has 0 atom stereocenters. The average Bonchev–Trinajstić information content (AvgIpc) is 2.99. The van der Waals surface area contributed by atoms with Gasteiger partial charge in [-0.3, -0.25) is 0 Å². The highest BCUT2D eigenvalue weighted by Crippen LogP contribution is 2.19. The summed E-state index contributed by atoms with van der Waals surface area (Å²) in [5.41, 5.74) is 2.88. The summed E-state index contributed by atoms with van der Waals surface area (Å²) in [5.74, 6) is 0. The van der Waals surface area contributed by atoms with Crippen molar-refractivity contribution in [1.29, 1.82) is 0 Å². The van der Waals surface area contributed by atoms with Crippen molar-refractivity contribution in [2.75, 3.05) is 0 Å². The van der Waals surface area contributed by atoms with E-state index in [-0.39, 0.29) is 4.90 Å². The molecule has 0 bridgehead atoms. The Labute approximate surface area is 112 Å². The molecule has 0 saturated carbocycles. The van der Waals surface area contributed by atoms with Gasteiger partial charge in [-0.15, -0.1) is 0 Å². The molecule has 1 N–H and O–H groups in total. The van der Waals surface area contributed by atoms with Crippen LogP contribution >= 0.6 is 0 Å². The lowest BCUT2D eigenvalue weighted by Crippen LogP contribution is -2.15. The molecule has 2 heterocycles. The predicted molar refractivity (Wildman–Crippen MR) is 71.2 cm³/mol. The first-order chi connectivity index (χ1) is 9.11. The highest BCUT2D eigenvalue weighted by Gasteiger charge is 2.22. The van der Waals surface area contributed by atoms with Crippen molar-refractivity contribution >= 4 is 10.0 Å². The summed E-state index contributed by atoms with van der Waals surface area (Å²) in [6, 6.07) is 6.95. The summed E-state index contributed by atoms with van der Waals surface area (Å²) < 4.78 is 25.9. The van der Waals surface area contributed by atoms with E-state index < -0.39 is 10.0 Å². The van der Waals surface area contributed by atoms with Gasteiger partial charge in [-0.1, -0.05) is 19.1 Å². The van der Waals surface area contributed by atoms with Gasteiger partial charge in [0.05, 0.1) is 10.6 Å². The van der Waals surface area contributed by atoms with Crippen LogP contribution in [0.25, 0.3) is 0 Å². The molecule has 0 unspecified atom stereocenters. The van der Waals surface area contributed by atoms with Crippen molar-refractivity contribution in [2.45, 2.75) is 31.3 Å². The van der Waals surface area contributed by atoms with Gasteiger partial charge in [0.2, 0.25) is 0 Å². The minimum absolute atomic E-state index is 0.277. The van der Waals surface area contributed by atoms with E-state index in [9.17, 15) is 8.42 Å². The van der Waals surface area contributed by atoms with Crippen LogP contribution < -0.4 is 5.32 Å². The zero-order valence-electron chi connectivity index (χ0n) is 10.6. The average molecular weight is 277 g/mol. The highest BCUT2D eigenvalue weighted by molar-refractivity contribution is 7.89. The maximum absolute atomic E-state index is 12.4. The van der Waals surface area contributed by atoms with Gasteiger partial charge in [0.25, 0.3) is 10.0 Å². The first-order valence-electron chi connectivity index (χ1n) is 6.24. The van der Waals surface area contributed by atoms with Crippen LogP contribution in [0.2, 0.25) is 0 Å². The molecule has 2 aromatic rings. The minimum atomic E-state index is -3.56. The van der Waals surface area contributed by atoms with Gasteiger partial charge in [0, 0.05) is 24.8 Å². The molecule has 5 nitrogen and oxygen atoms in total. The number of hydrogen-bond acceptors (Lipinski definition) is 4. The molecule has 0 fully saturated rings. The number of fused-ring (bicyclic) bond motifs is 1. The van der Waals surface area contributed by atoms with Crippen LogP contribution in [0.4, 0.5) is 0 Å². The van der Waals surface area contributed by atoms with E-state index in [2.05, 4.69) is 10.4 Å². The van der Waals surface area contributed by atoms with Crippen molar-refractivity contribution in [3.63, 3.8) is 0 Å². The van der Waals surface area contributed by atoms with E-state index in [0.29, 0.717) is 13.1 Å². The number of nitrogens with one attached hydrogen (secondary N) is 1. The molecule has 1 aliphatic rings. The summed E-state index contributed by atoms with van der Waals surface area (Å²) in [4.78, 5) is 0.277. The summed E-state index contributed by atoms with van der Waals surface area (Å²) in [7, 11) is -3.56. The van der Waals surface area contributed by atoms with Gasteiger partial charge in [-0.2, -0.15) is 17.6 Å². The van der Waals surface area contributed by atoms with Gasteiger partial charge < -0.3 is 5.32 Å². The summed E-state index contributed by atoms with van der Waals surface area (Å²) >= 11 is 0. The monoisotopic (exact) mass is 277 g/mol. The lowest BCUT2D eigenvalue weighted by molar-refractivity contribution is 0.577. The zero-order chi connectivity index (χ0) is 13.5. The van der Waals surface area contributed by atoms with Crippen LogP contribution in [0.3, 0.4) is 0 Å². The third-order valence-electron chi connectivity index (χ3n) is 3.34. The van der Waals surface area contributed by atoms with Gasteiger partial charge in [0.1, 0.15) is 0 Å². The van der Waals surface area contributed by atoms with E-state index >= 15 is 0 Å². The lowest BCUT2D eigenvalue weighted by atomic mass is 10.2. The topological polar surface area (TPSA) is 64.0 Å². The molecule has 1 aromatic carbocycles. The molecule has 1 aliphatic heterocycles. The molecule has 1 aromatic heterocycles. The highest BCUT2D eigenvalue weighted by atomic mass is 32.2. The second kappa shape index (κ2) is 4.47. The fraction of sp³-hybridized carbons (Fsp3) is 0.308. The number of rotatable bonds is 3. The van der Waals surface area contributed by atoms with Crippen LogP contribution in [0.1, 0.15) is 23.7 Å². The number of nitrogens with zero attached hydrogens (tertiary/aromatic N) is 2. The first-order valence-corrected chi connectivity index (χ1v) is 7.68. The third-order valence-corrected chi connectivity index (χ3v) is 4.89. The number of aromatic nitrogens is 2. The molecule has 6 heteroatoms. The largest absolute Gasteiger partial charge is 0.307 e. The van der Waals surface area contributed by atoms with E-state index in [1.165, 1.54) is 0 Å². The predicted octanol–water partition coefficient (Wildman–Crippen LogP) is 1.29. The van der Waals surface area contributed by atoms with Crippen molar-refractivity contribution < 1.29 is 8.42 Å². The maximum Gasteiger partial charge on any atom is 0.282 e. The van der Waals surface area contributed by atoms with Crippen LogP contribution in [0.5, 0.6) is 0 Å². The van der Waals surface area contributed by atoms with Crippen molar-refractivity contribution in [3.8, 4) is 0 Å². The normalized spacial score (nSPS) is 14.6. The van der Waals surface area contributed by atoms with Crippen LogP contribution in [0.15, 0.2) is 35.4 Å². The van der Waals surface area contributed by atoms with Crippen LogP contribution in [0, 0.1) is 0 Å². The Kier molecular flexibility index (Phi) is 2.91. The van der Waals surface area contributed by atoms with Crippen molar-refractivity contribution in [1.82, 2.24) is 14.5 Å². The number of benzene rings is 1. The molecule has 3 rings (SSSR count). The smallest absolute Gasteiger partial charge is 0.282 e. The Balaban J connectivity index is 2.01. The third kappa shape index (κ3) is 2.06. The SMILES string of the molecule is CCc1ccc(S(=O)(=O)n2cc3c(n2)CNC3)cc1. The van der Waals surface area contributed by atoms with Gasteiger partial charge in [0.15, 0.2) is 0 Å². The molecule has 0 radical (unpaired) electrons. The Morgan fingerprint density at radius 2 is 2.00 bits per heavy atom. The second-order valence-corrected chi connectivity index (χ2v) is 6.38. The van der Waals surface area contributed by atoms with E-state index in [0.717, 1.165) is 27.3 Å². The first kappa shape index (κ1) is 12.4. The van der Waals surface area contributed by atoms with Gasteiger partial charge in [-0.05, 0) is 24.1 Å². The van der Waals surface area contributed by atoms with Crippen LogP contribution in [-0.4, -0.2) is 17.6 Å². The van der Waals surface area contributed by atoms with Crippen molar-refractivity contribution in [3.05, 3.63) is 47.3 Å². The molecule has 0 spiro atoms. The summed E-state index contributed by atoms with van der Waals surface area (Å²) in [6.45, 7) is 3.35. The van der Waals surface area contributed by atoms with E-state index in [1.54, 1.807) is 18.3 Å². The van der Waals surface area contributed by atoms with Gasteiger partial charge >= 0.3 is 0 Å². The Bertz CT molecular complexity index is 680. The molecule has 100 valence electrons. The Morgan fingerprint density at radius 3 is 2.63 bits per heavy atom. The molecule has 0 aliphatic carbocycles. The second-order valence-electron chi connectivity index (χ2n) is 4.58. The van der Waals surface area contributed by atoms with Crippen LogP contribution in [-0.2, 0) is 29.5 Å². The minimum Gasteiger partial charge on any atom is -0.307 e. The Hall–Kier alpha value is -1.66. The quantitative estimate of drug-likeness (QED) is 0.918. The zero-order valence-corrected chi connectivity index (χ0v) is 11.4. The Morgan fingerprint density at radius 1 is 1.26 bits per heavy atom. The molecule has 0 amide bonds. The standard InChI is InChI=1S/C13H15N3O2S/c1-2-10-3-5-12(6-4-10)19(17,18)16-9-11-7-14-8-13(11)15-16/h3-6,9,14H,2,7-8H2,1H3.